The highest BCUT2D eigenvalue weighted by Gasteiger charge is 2.15. The van der Waals surface area contributed by atoms with E-state index in [1.165, 1.54) is 0 Å². The second kappa shape index (κ2) is 6.55. The van der Waals surface area contributed by atoms with Gasteiger partial charge >= 0.3 is 0 Å². The number of nitrogens with one attached hydrogen (secondary N) is 1. The lowest BCUT2D eigenvalue weighted by Gasteiger charge is -2.14. The summed E-state index contributed by atoms with van der Waals surface area (Å²) in [4.78, 5) is 12.1. The van der Waals surface area contributed by atoms with Crippen molar-refractivity contribution in [3.63, 3.8) is 0 Å². The van der Waals surface area contributed by atoms with Crippen LogP contribution in [0.3, 0.4) is 0 Å². The summed E-state index contributed by atoms with van der Waals surface area (Å²) in [6.45, 7) is 1.91. The maximum Gasteiger partial charge on any atom is 0.241 e. The lowest BCUT2D eigenvalue weighted by Crippen LogP contribution is -2.37. The Morgan fingerprint density at radius 1 is 1.25 bits per heavy atom. The van der Waals surface area contributed by atoms with Gasteiger partial charge in [0.05, 0.1) is 6.04 Å². The standard InChI is InChI=1S/C16H17ClN2O/c1-11-7-8-13(17)10-15(11)19-16(20)14(18)9-12-5-3-2-4-6-12/h2-8,10,14H,9,18H2,1H3,(H,19,20)/t14-/m1/s1. The average Bonchev–Trinajstić information content (AvgIpc) is 2.44. The number of hydrogen-bond donors (Lipinski definition) is 2. The van der Waals surface area contributed by atoms with Gasteiger partial charge in [-0.25, -0.2) is 0 Å². The summed E-state index contributed by atoms with van der Waals surface area (Å²) in [7, 11) is 0. The third-order valence-electron chi connectivity index (χ3n) is 3.09. The molecule has 20 heavy (non-hydrogen) atoms. The molecule has 0 unspecified atom stereocenters. The molecule has 0 aliphatic rings. The zero-order valence-corrected chi connectivity index (χ0v) is 12.0. The van der Waals surface area contributed by atoms with Crippen LogP contribution >= 0.6 is 11.6 Å². The molecule has 0 radical (unpaired) electrons. The van der Waals surface area contributed by atoms with Crippen LogP contribution in [-0.4, -0.2) is 11.9 Å². The van der Waals surface area contributed by atoms with Gasteiger partial charge in [-0.05, 0) is 36.6 Å². The van der Waals surface area contributed by atoms with E-state index in [0.717, 1.165) is 11.1 Å². The van der Waals surface area contributed by atoms with Gasteiger partial charge in [0.1, 0.15) is 0 Å². The van der Waals surface area contributed by atoms with Gasteiger partial charge in [-0.15, -0.1) is 0 Å². The lowest BCUT2D eigenvalue weighted by molar-refractivity contribution is -0.117. The predicted molar refractivity (Wildman–Crippen MR) is 82.9 cm³/mol. The molecule has 1 amide bonds. The fourth-order valence-corrected chi connectivity index (χ4v) is 2.09. The maximum atomic E-state index is 12.1. The van der Waals surface area contributed by atoms with Crippen molar-refractivity contribution in [1.29, 1.82) is 0 Å². The molecule has 0 aromatic heterocycles. The molecule has 0 saturated carbocycles. The molecule has 0 bridgehead atoms. The van der Waals surface area contributed by atoms with E-state index in [1.807, 2.05) is 43.3 Å². The lowest BCUT2D eigenvalue weighted by atomic mass is 10.1. The smallest absolute Gasteiger partial charge is 0.241 e. The van der Waals surface area contributed by atoms with Crippen molar-refractivity contribution in [1.82, 2.24) is 0 Å². The number of amides is 1. The molecule has 0 fully saturated rings. The van der Waals surface area contributed by atoms with Gasteiger partial charge in [-0.3, -0.25) is 4.79 Å². The molecule has 0 aliphatic carbocycles. The normalized spacial score (nSPS) is 11.9. The fraction of sp³-hybridized carbons (Fsp3) is 0.188. The molecule has 2 rings (SSSR count). The quantitative estimate of drug-likeness (QED) is 0.908. The first-order valence-corrected chi connectivity index (χ1v) is 6.80. The van der Waals surface area contributed by atoms with Crippen molar-refractivity contribution in [2.45, 2.75) is 19.4 Å². The van der Waals surface area contributed by atoms with Crippen LogP contribution in [0.4, 0.5) is 5.69 Å². The number of anilines is 1. The number of halogens is 1. The number of carbonyl (C=O) groups excluding carboxylic acids is 1. The van der Waals surface area contributed by atoms with Crippen LogP contribution in [0.15, 0.2) is 48.5 Å². The maximum absolute atomic E-state index is 12.1. The Balaban J connectivity index is 2.02. The number of rotatable bonds is 4. The summed E-state index contributed by atoms with van der Waals surface area (Å²) in [5.41, 5.74) is 8.63. The first-order chi connectivity index (χ1) is 9.56. The van der Waals surface area contributed by atoms with Crippen molar-refractivity contribution in [2.24, 2.45) is 5.73 Å². The van der Waals surface area contributed by atoms with E-state index >= 15 is 0 Å². The SMILES string of the molecule is Cc1ccc(Cl)cc1NC(=O)[C@H](N)Cc1ccccc1. The van der Waals surface area contributed by atoms with Gasteiger partial charge in [0, 0.05) is 10.7 Å². The van der Waals surface area contributed by atoms with Crippen molar-refractivity contribution in [3.05, 3.63) is 64.7 Å². The Bertz CT molecular complexity index is 599. The van der Waals surface area contributed by atoms with E-state index < -0.39 is 6.04 Å². The molecule has 104 valence electrons. The molecule has 4 heteroatoms. The second-order valence-corrected chi connectivity index (χ2v) is 5.18. The Morgan fingerprint density at radius 3 is 2.65 bits per heavy atom. The molecule has 3 nitrogen and oxygen atoms in total. The van der Waals surface area contributed by atoms with Crippen molar-refractivity contribution >= 4 is 23.2 Å². The molecular weight excluding hydrogens is 272 g/mol. The van der Waals surface area contributed by atoms with Gasteiger partial charge in [0.15, 0.2) is 0 Å². The molecule has 0 spiro atoms. The summed E-state index contributed by atoms with van der Waals surface area (Å²) in [6, 6.07) is 14.5. The van der Waals surface area contributed by atoms with E-state index in [2.05, 4.69) is 5.32 Å². The van der Waals surface area contributed by atoms with Gasteiger partial charge in [0.2, 0.25) is 5.91 Å². The van der Waals surface area contributed by atoms with E-state index in [9.17, 15) is 4.79 Å². The van der Waals surface area contributed by atoms with Crippen LogP contribution in [0.1, 0.15) is 11.1 Å². The molecular formula is C16H17ClN2O. The van der Waals surface area contributed by atoms with Crippen LogP contribution in [0.25, 0.3) is 0 Å². The summed E-state index contributed by atoms with van der Waals surface area (Å²) < 4.78 is 0. The minimum absolute atomic E-state index is 0.209. The van der Waals surface area contributed by atoms with Gasteiger partial charge in [-0.1, -0.05) is 48.0 Å². The zero-order valence-electron chi connectivity index (χ0n) is 11.3. The molecule has 0 aliphatic heterocycles. The van der Waals surface area contributed by atoms with E-state index in [-0.39, 0.29) is 5.91 Å². The van der Waals surface area contributed by atoms with E-state index in [1.54, 1.807) is 12.1 Å². The molecule has 0 heterocycles. The second-order valence-electron chi connectivity index (χ2n) is 4.74. The van der Waals surface area contributed by atoms with Gasteiger partial charge < -0.3 is 11.1 Å². The topological polar surface area (TPSA) is 55.1 Å². The van der Waals surface area contributed by atoms with Crippen LogP contribution in [0, 0.1) is 6.92 Å². The Hall–Kier alpha value is -1.84. The minimum atomic E-state index is -0.587. The number of carbonyl (C=O) groups is 1. The highest BCUT2D eigenvalue weighted by Crippen LogP contribution is 2.20. The number of aryl methyl sites for hydroxylation is 1. The molecule has 0 saturated heterocycles. The Labute approximate surface area is 123 Å². The van der Waals surface area contributed by atoms with Crippen LogP contribution in [-0.2, 0) is 11.2 Å². The molecule has 2 aromatic rings. The van der Waals surface area contributed by atoms with Crippen molar-refractivity contribution in [3.8, 4) is 0 Å². The first kappa shape index (κ1) is 14.6. The molecule has 3 N–H and O–H groups in total. The first-order valence-electron chi connectivity index (χ1n) is 6.43. The van der Waals surface area contributed by atoms with Crippen LogP contribution < -0.4 is 11.1 Å². The van der Waals surface area contributed by atoms with Crippen molar-refractivity contribution in [2.75, 3.05) is 5.32 Å². The van der Waals surface area contributed by atoms with E-state index in [4.69, 9.17) is 17.3 Å². The number of hydrogen-bond acceptors (Lipinski definition) is 2. The zero-order chi connectivity index (χ0) is 14.5. The average molecular weight is 289 g/mol. The molecule has 1 atom stereocenters. The van der Waals surface area contributed by atoms with Crippen LogP contribution in [0.5, 0.6) is 0 Å². The number of nitrogens with two attached hydrogens (primary N) is 1. The summed E-state index contributed by atoms with van der Waals surface area (Å²) in [6.07, 6.45) is 0.506. The predicted octanol–water partition coefficient (Wildman–Crippen LogP) is 3.16. The van der Waals surface area contributed by atoms with Crippen LogP contribution in [0.2, 0.25) is 5.02 Å². The molecule has 2 aromatic carbocycles. The minimum Gasteiger partial charge on any atom is -0.324 e. The van der Waals surface area contributed by atoms with Gasteiger partial charge in [0.25, 0.3) is 0 Å². The highest BCUT2D eigenvalue weighted by molar-refractivity contribution is 6.31. The van der Waals surface area contributed by atoms with Crippen molar-refractivity contribution < 1.29 is 4.79 Å². The number of benzene rings is 2. The largest absolute Gasteiger partial charge is 0.324 e. The highest BCUT2D eigenvalue weighted by atomic mass is 35.5. The third-order valence-corrected chi connectivity index (χ3v) is 3.33. The monoisotopic (exact) mass is 288 g/mol. The Morgan fingerprint density at radius 2 is 1.95 bits per heavy atom. The summed E-state index contributed by atoms with van der Waals surface area (Å²) in [5, 5.41) is 3.41. The van der Waals surface area contributed by atoms with E-state index in [0.29, 0.717) is 17.1 Å². The third kappa shape index (κ3) is 3.83. The summed E-state index contributed by atoms with van der Waals surface area (Å²) >= 11 is 5.93. The Kier molecular flexibility index (Phi) is 4.77. The fourth-order valence-electron chi connectivity index (χ4n) is 1.92. The summed E-state index contributed by atoms with van der Waals surface area (Å²) in [5.74, 6) is -0.209. The van der Waals surface area contributed by atoms with Gasteiger partial charge in [-0.2, -0.15) is 0 Å².